The van der Waals surface area contributed by atoms with Crippen LogP contribution in [0.25, 0.3) is 0 Å². The molecule has 0 atom stereocenters. The van der Waals surface area contributed by atoms with E-state index in [1.54, 1.807) is 7.11 Å². The van der Waals surface area contributed by atoms with Gasteiger partial charge >= 0.3 is 0 Å². The van der Waals surface area contributed by atoms with E-state index in [0.717, 1.165) is 18.7 Å². The molecule has 0 saturated heterocycles. The molecular formula is C19H23NO. The molecule has 0 fully saturated rings. The Kier molecular flexibility index (Phi) is 4.56. The second kappa shape index (κ2) is 6.77. The number of methoxy groups -OCH3 is 1. The number of hydrogen-bond donors (Lipinski definition) is 0. The van der Waals surface area contributed by atoms with Gasteiger partial charge in [0.15, 0.2) is 0 Å². The first-order valence-electron chi connectivity index (χ1n) is 7.77. The van der Waals surface area contributed by atoms with Gasteiger partial charge in [-0.1, -0.05) is 36.4 Å². The molecule has 1 aliphatic heterocycles. The van der Waals surface area contributed by atoms with Crippen LogP contribution < -0.4 is 4.74 Å². The first-order chi connectivity index (χ1) is 10.3. The highest BCUT2D eigenvalue weighted by molar-refractivity contribution is 5.29. The summed E-state index contributed by atoms with van der Waals surface area (Å²) >= 11 is 0. The molecule has 2 nitrogen and oxygen atoms in total. The maximum Gasteiger partial charge on any atom is 0.118 e. The van der Waals surface area contributed by atoms with Crippen molar-refractivity contribution >= 4 is 0 Å². The highest BCUT2D eigenvalue weighted by Gasteiger charge is 2.14. The van der Waals surface area contributed by atoms with Gasteiger partial charge < -0.3 is 4.74 Å². The summed E-state index contributed by atoms with van der Waals surface area (Å²) in [5.41, 5.74) is 4.44. The SMILES string of the molecule is COc1ccc(CCCN2CCc3ccccc3C2)cc1. The summed E-state index contributed by atoms with van der Waals surface area (Å²) in [6.07, 6.45) is 3.55. The third-order valence-electron chi connectivity index (χ3n) is 4.31. The van der Waals surface area contributed by atoms with E-state index in [0.29, 0.717) is 0 Å². The predicted octanol–water partition coefficient (Wildman–Crippen LogP) is 3.69. The van der Waals surface area contributed by atoms with E-state index in [1.165, 1.54) is 42.6 Å². The molecule has 1 aliphatic rings. The standard InChI is InChI=1S/C19H23NO/c1-21-19-10-8-16(9-11-19)5-4-13-20-14-12-17-6-2-3-7-18(17)15-20/h2-3,6-11H,4-5,12-15H2,1H3. The molecular weight excluding hydrogens is 258 g/mol. The second-order valence-electron chi connectivity index (χ2n) is 5.75. The Hall–Kier alpha value is -1.80. The van der Waals surface area contributed by atoms with Crippen LogP contribution in [0.2, 0.25) is 0 Å². The molecule has 2 aromatic carbocycles. The van der Waals surface area contributed by atoms with E-state index in [9.17, 15) is 0 Å². The van der Waals surface area contributed by atoms with E-state index >= 15 is 0 Å². The van der Waals surface area contributed by atoms with E-state index in [-0.39, 0.29) is 0 Å². The molecule has 0 aliphatic carbocycles. The summed E-state index contributed by atoms with van der Waals surface area (Å²) < 4.78 is 5.19. The number of benzene rings is 2. The number of fused-ring (bicyclic) bond motifs is 1. The monoisotopic (exact) mass is 281 g/mol. The zero-order chi connectivity index (χ0) is 14.5. The average Bonchev–Trinajstić information content (AvgIpc) is 2.55. The van der Waals surface area contributed by atoms with Crippen LogP contribution in [0.3, 0.4) is 0 Å². The van der Waals surface area contributed by atoms with Gasteiger partial charge in [-0.3, -0.25) is 4.90 Å². The molecule has 0 bridgehead atoms. The quantitative estimate of drug-likeness (QED) is 0.829. The second-order valence-corrected chi connectivity index (χ2v) is 5.75. The lowest BCUT2D eigenvalue weighted by atomic mass is 9.99. The Balaban J connectivity index is 1.48. The zero-order valence-electron chi connectivity index (χ0n) is 12.7. The highest BCUT2D eigenvalue weighted by Crippen LogP contribution is 2.19. The van der Waals surface area contributed by atoms with Gasteiger partial charge in [0.25, 0.3) is 0 Å². The van der Waals surface area contributed by atoms with Crippen molar-refractivity contribution in [2.45, 2.75) is 25.8 Å². The van der Waals surface area contributed by atoms with Gasteiger partial charge in [0.05, 0.1) is 7.11 Å². The molecule has 0 aromatic heterocycles. The number of ether oxygens (including phenoxy) is 1. The van der Waals surface area contributed by atoms with Crippen molar-refractivity contribution in [2.75, 3.05) is 20.2 Å². The van der Waals surface area contributed by atoms with Gasteiger partial charge in [-0.15, -0.1) is 0 Å². The molecule has 1 heterocycles. The zero-order valence-corrected chi connectivity index (χ0v) is 12.7. The summed E-state index contributed by atoms with van der Waals surface area (Å²) in [7, 11) is 1.71. The number of aryl methyl sites for hydroxylation is 1. The fraction of sp³-hybridized carbons (Fsp3) is 0.368. The minimum atomic E-state index is 0.936. The normalized spacial score (nSPS) is 14.7. The Morgan fingerprint density at radius 1 is 1.00 bits per heavy atom. The van der Waals surface area contributed by atoms with Gasteiger partial charge in [-0.25, -0.2) is 0 Å². The van der Waals surface area contributed by atoms with Crippen molar-refractivity contribution in [3.05, 3.63) is 65.2 Å². The molecule has 21 heavy (non-hydrogen) atoms. The van der Waals surface area contributed by atoms with Crippen molar-refractivity contribution in [3.8, 4) is 5.75 Å². The maximum absolute atomic E-state index is 5.19. The van der Waals surface area contributed by atoms with Gasteiger partial charge in [0, 0.05) is 13.1 Å². The summed E-state index contributed by atoms with van der Waals surface area (Å²) in [6.45, 7) is 3.48. The van der Waals surface area contributed by atoms with Crippen LogP contribution in [-0.4, -0.2) is 25.1 Å². The van der Waals surface area contributed by atoms with E-state index < -0.39 is 0 Å². The topological polar surface area (TPSA) is 12.5 Å². The lowest BCUT2D eigenvalue weighted by molar-refractivity contribution is 0.251. The van der Waals surface area contributed by atoms with Gasteiger partial charge in [-0.2, -0.15) is 0 Å². The van der Waals surface area contributed by atoms with Crippen molar-refractivity contribution in [1.29, 1.82) is 0 Å². The Bertz CT molecular complexity index is 576. The third-order valence-corrected chi connectivity index (χ3v) is 4.31. The largest absolute Gasteiger partial charge is 0.497 e. The molecule has 3 rings (SSSR count). The molecule has 0 unspecified atom stereocenters. The van der Waals surface area contributed by atoms with Gasteiger partial charge in [-0.05, 0) is 54.6 Å². The molecule has 0 radical (unpaired) electrons. The summed E-state index contributed by atoms with van der Waals surface area (Å²) in [6, 6.07) is 17.3. The van der Waals surface area contributed by atoms with Gasteiger partial charge in [0.2, 0.25) is 0 Å². The number of hydrogen-bond acceptors (Lipinski definition) is 2. The highest BCUT2D eigenvalue weighted by atomic mass is 16.5. The molecule has 0 saturated carbocycles. The molecule has 0 N–H and O–H groups in total. The number of rotatable bonds is 5. The number of nitrogens with zero attached hydrogens (tertiary/aromatic N) is 1. The van der Waals surface area contributed by atoms with Crippen LogP contribution in [0.15, 0.2) is 48.5 Å². The summed E-state index contributed by atoms with van der Waals surface area (Å²) in [4.78, 5) is 2.58. The lowest BCUT2D eigenvalue weighted by Gasteiger charge is -2.28. The minimum absolute atomic E-state index is 0.936. The third kappa shape index (κ3) is 3.64. The van der Waals surface area contributed by atoms with E-state index in [1.807, 2.05) is 12.1 Å². The molecule has 0 spiro atoms. The van der Waals surface area contributed by atoms with Crippen molar-refractivity contribution in [1.82, 2.24) is 4.90 Å². The minimum Gasteiger partial charge on any atom is -0.497 e. The molecule has 0 amide bonds. The fourth-order valence-corrected chi connectivity index (χ4v) is 3.04. The van der Waals surface area contributed by atoms with Gasteiger partial charge in [0.1, 0.15) is 5.75 Å². The van der Waals surface area contributed by atoms with Crippen molar-refractivity contribution < 1.29 is 4.74 Å². The van der Waals surface area contributed by atoms with Crippen LogP contribution in [0.1, 0.15) is 23.1 Å². The molecule has 2 heteroatoms. The van der Waals surface area contributed by atoms with Crippen LogP contribution in [0.4, 0.5) is 0 Å². The van der Waals surface area contributed by atoms with E-state index in [2.05, 4.69) is 41.3 Å². The van der Waals surface area contributed by atoms with Crippen LogP contribution in [-0.2, 0) is 19.4 Å². The Morgan fingerprint density at radius 2 is 1.76 bits per heavy atom. The smallest absolute Gasteiger partial charge is 0.118 e. The van der Waals surface area contributed by atoms with Crippen LogP contribution >= 0.6 is 0 Å². The predicted molar refractivity (Wildman–Crippen MR) is 86.7 cm³/mol. The lowest BCUT2D eigenvalue weighted by Crippen LogP contribution is -2.31. The van der Waals surface area contributed by atoms with E-state index in [4.69, 9.17) is 4.74 Å². The summed E-state index contributed by atoms with van der Waals surface area (Å²) in [5.74, 6) is 0.936. The van der Waals surface area contributed by atoms with Crippen LogP contribution in [0, 0.1) is 0 Å². The van der Waals surface area contributed by atoms with Crippen molar-refractivity contribution in [3.63, 3.8) is 0 Å². The molecule has 2 aromatic rings. The first kappa shape index (κ1) is 14.2. The average molecular weight is 281 g/mol. The molecule has 110 valence electrons. The van der Waals surface area contributed by atoms with Crippen molar-refractivity contribution in [2.24, 2.45) is 0 Å². The fourth-order valence-electron chi connectivity index (χ4n) is 3.04. The Morgan fingerprint density at radius 3 is 2.52 bits per heavy atom. The maximum atomic E-state index is 5.19. The van der Waals surface area contributed by atoms with Crippen LogP contribution in [0.5, 0.6) is 5.75 Å². The summed E-state index contributed by atoms with van der Waals surface area (Å²) in [5, 5.41) is 0. The first-order valence-corrected chi connectivity index (χ1v) is 7.77. The Labute approximate surface area is 127 Å².